The standard InChI is InChI=1S/C13H15N5O3/c1-3-7-5-8(10(19)4-2)11(20)9(6-7)12(21)14-13-15-17-18-16-13/h5-6,20H,3-4H2,1-2H3,(H2,14,15,16,17,18,21). The van der Waals surface area contributed by atoms with Crippen LogP contribution in [-0.2, 0) is 6.42 Å². The monoisotopic (exact) mass is 289 g/mol. The van der Waals surface area contributed by atoms with E-state index in [1.54, 1.807) is 19.1 Å². The number of hydrogen-bond acceptors (Lipinski definition) is 6. The number of rotatable bonds is 5. The van der Waals surface area contributed by atoms with Gasteiger partial charge in [-0.3, -0.25) is 14.9 Å². The number of carbonyl (C=O) groups is 2. The lowest BCUT2D eigenvalue weighted by molar-refractivity contribution is 0.0985. The van der Waals surface area contributed by atoms with Gasteiger partial charge in [0, 0.05) is 6.42 Å². The summed E-state index contributed by atoms with van der Waals surface area (Å²) >= 11 is 0. The molecule has 21 heavy (non-hydrogen) atoms. The van der Waals surface area contributed by atoms with Crippen LogP contribution in [0.15, 0.2) is 12.1 Å². The fourth-order valence-electron chi connectivity index (χ4n) is 1.86. The molecule has 0 spiro atoms. The Morgan fingerprint density at radius 2 is 2.00 bits per heavy atom. The van der Waals surface area contributed by atoms with Crippen molar-refractivity contribution in [2.45, 2.75) is 26.7 Å². The molecule has 0 unspecified atom stereocenters. The molecule has 0 atom stereocenters. The van der Waals surface area contributed by atoms with E-state index < -0.39 is 5.91 Å². The normalized spacial score (nSPS) is 10.4. The number of aromatic nitrogens is 4. The van der Waals surface area contributed by atoms with Crippen molar-refractivity contribution in [3.63, 3.8) is 0 Å². The highest BCUT2D eigenvalue weighted by molar-refractivity contribution is 6.09. The van der Waals surface area contributed by atoms with Crippen molar-refractivity contribution in [1.82, 2.24) is 20.6 Å². The third-order valence-electron chi connectivity index (χ3n) is 3.02. The average molecular weight is 289 g/mol. The molecule has 2 rings (SSSR count). The predicted molar refractivity (Wildman–Crippen MR) is 74.2 cm³/mol. The summed E-state index contributed by atoms with van der Waals surface area (Å²) in [6.07, 6.45) is 0.877. The molecule has 1 amide bonds. The molecule has 2 aromatic rings. The van der Waals surface area contributed by atoms with Gasteiger partial charge in [0.15, 0.2) is 5.78 Å². The molecule has 1 aromatic carbocycles. The maximum Gasteiger partial charge on any atom is 0.261 e. The second-order valence-electron chi connectivity index (χ2n) is 4.37. The number of Topliss-reactive ketones (excluding diaryl/α,β-unsaturated/α-hetero) is 1. The summed E-state index contributed by atoms with van der Waals surface area (Å²) in [5.74, 6) is -1.08. The molecule has 8 heteroatoms. The molecule has 0 saturated carbocycles. The Hall–Kier alpha value is -2.77. The highest BCUT2D eigenvalue weighted by atomic mass is 16.3. The molecule has 0 fully saturated rings. The number of ketones is 1. The van der Waals surface area contributed by atoms with Gasteiger partial charge in [-0.2, -0.15) is 0 Å². The number of nitrogens with zero attached hydrogens (tertiary/aromatic N) is 3. The Bertz CT molecular complexity index is 667. The minimum atomic E-state index is -0.591. The number of nitrogens with one attached hydrogen (secondary N) is 2. The van der Waals surface area contributed by atoms with Crippen molar-refractivity contribution in [3.8, 4) is 5.75 Å². The Morgan fingerprint density at radius 1 is 1.29 bits per heavy atom. The molecule has 0 radical (unpaired) electrons. The van der Waals surface area contributed by atoms with Crippen molar-refractivity contribution < 1.29 is 14.7 Å². The van der Waals surface area contributed by atoms with Crippen molar-refractivity contribution in [3.05, 3.63) is 28.8 Å². The number of hydrogen-bond donors (Lipinski definition) is 3. The van der Waals surface area contributed by atoms with Crippen LogP contribution >= 0.6 is 0 Å². The first-order chi connectivity index (χ1) is 10.1. The maximum absolute atomic E-state index is 12.2. The molecule has 0 saturated heterocycles. The molecule has 0 aliphatic heterocycles. The van der Waals surface area contributed by atoms with Crippen LogP contribution in [0.1, 0.15) is 46.5 Å². The summed E-state index contributed by atoms with van der Waals surface area (Å²) in [6, 6.07) is 3.15. The fourth-order valence-corrected chi connectivity index (χ4v) is 1.86. The van der Waals surface area contributed by atoms with E-state index in [4.69, 9.17) is 0 Å². The van der Waals surface area contributed by atoms with Gasteiger partial charge < -0.3 is 5.11 Å². The van der Waals surface area contributed by atoms with Gasteiger partial charge >= 0.3 is 0 Å². The number of phenols is 1. The molecule has 1 heterocycles. The van der Waals surface area contributed by atoms with E-state index >= 15 is 0 Å². The maximum atomic E-state index is 12.2. The Labute approximate surface area is 120 Å². The zero-order chi connectivity index (χ0) is 15.4. The van der Waals surface area contributed by atoms with Gasteiger partial charge in [0.2, 0.25) is 5.95 Å². The molecular formula is C13H15N5O3. The number of anilines is 1. The minimum absolute atomic E-state index is 0.0163. The van der Waals surface area contributed by atoms with E-state index in [2.05, 4.69) is 25.9 Å². The van der Waals surface area contributed by atoms with Gasteiger partial charge in [-0.05, 0) is 34.5 Å². The summed E-state index contributed by atoms with van der Waals surface area (Å²) in [4.78, 5) is 24.0. The van der Waals surface area contributed by atoms with Crippen molar-refractivity contribution in [1.29, 1.82) is 0 Å². The summed E-state index contributed by atoms with van der Waals surface area (Å²) < 4.78 is 0. The second kappa shape index (κ2) is 6.12. The average Bonchev–Trinajstić information content (AvgIpc) is 2.99. The van der Waals surface area contributed by atoms with E-state index in [9.17, 15) is 14.7 Å². The quantitative estimate of drug-likeness (QED) is 0.714. The number of aromatic hydroxyl groups is 1. The molecule has 0 aliphatic carbocycles. The van der Waals surface area contributed by atoms with Gasteiger partial charge in [-0.25, -0.2) is 5.10 Å². The molecule has 1 aromatic heterocycles. The largest absolute Gasteiger partial charge is 0.506 e. The third-order valence-corrected chi connectivity index (χ3v) is 3.02. The molecule has 0 bridgehead atoms. The van der Waals surface area contributed by atoms with Gasteiger partial charge in [-0.15, -0.1) is 0 Å². The van der Waals surface area contributed by atoms with Crippen LogP contribution in [-0.4, -0.2) is 37.4 Å². The van der Waals surface area contributed by atoms with Gasteiger partial charge in [0.05, 0.1) is 11.1 Å². The van der Waals surface area contributed by atoms with Gasteiger partial charge in [-0.1, -0.05) is 18.9 Å². The van der Waals surface area contributed by atoms with Crippen LogP contribution in [0.3, 0.4) is 0 Å². The Kier molecular flexibility index (Phi) is 4.27. The first-order valence-electron chi connectivity index (χ1n) is 6.51. The van der Waals surface area contributed by atoms with E-state index in [1.807, 2.05) is 6.92 Å². The van der Waals surface area contributed by atoms with Crippen LogP contribution in [0.5, 0.6) is 5.75 Å². The Morgan fingerprint density at radius 3 is 2.57 bits per heavy atom. The third kappa shape index (κ3) is 3.04. The molecule has 0 aliphatic rings. The van der Waals surface area contributed by atoms with Crippen LogP contribution in [0, 0.1) is 0 Å². The Balaban J connectivity index is 2.42. The second-order valence-corrected chi connectivity index (χ2v) is 4.37. The van der Waals surface area contributed by atoms with Crippen molar-refractivity contribution in [2.24, 2.45) is 0 Å². The smallest absolute Gasteiger partial charge is 0.261 e. The lowest BCUT2D eigenvalue weighted by Crippen LogP contribution is -2.15. The highest BCUT2D eigenvalue weighted by Crippen LogP contribution is 2.27. The summed E-state index contributed by atoms with van der Waals surface area (Å²) in [5.41, 5.74) is 0.950. The topological polar surface area (TPSA) is 121 Å². The first-order valence-corrected chi connectivity index (χ1v) is 6.51. The number of tetrazole rings is 1. The van der Waals surface area contributed by atoms with Crippen molar-refractivity contribution in [2.75, 3.05) is 5.32 Å². The zero-order valence-electron chi connectivity index (χ0n) is 11.7. The number of H-pyrrole nitrogens is 1. The summed E-state index contributed by atoms with van der Waals surface area (Å²) in [5, 5.41) is 25.2. The highest BCUT2D eigenvalue weighted by Gasteiger charge is 2.20. The molecule has 8 nitrogen and oxygen atoms in total. The van der Waals surface area contributed by atoms with E-state index in [0.29, 0.717) is 6.42 Å². The number of amides is 1. The van der Waals surface area contributed by atoms with Gasteiger partial charge in [0.1, 0.15) is 5.75 Å². The molecule has 110 valence electrons. The zero-order valence-corrected chi connectivity index (χ0v) is 11.7. The predicted octanol–water partition coefficient (Wildman–Crippen LogP) is 1.31. The van der Waals surface area contributed by atoms with Gasteiger partial charge in [0.25, 0.3) is 5.91 Å². The van der Waals surface area contributed by atoms with Crippen LogP contribution in [0.2, 0.25) is 0 Å². The SMILES string of the molecule is CCC(=O)c1cc(CC)cc(C(=O)Nc2nnn[nH]2)c1O. The minimum Gasteiger partial charge on any atom is -0.506 e. The summed E-state index contributed by atoms with van der Waals surface area (Å²) in [7, 11) is 0. The van der Waals surface area contributed by atoms with E-state index in [-0.39, 0.29) is 35.0 Å². The first kappa shape index (κ1) is 14.6. The van der Waals surface area contributed by atoms with Crippen LogP contribution in [0.4, 0.5) is 5.95 Å². The van der Waals surface area contributed by atoms with Crippen LogP contribution in [0.25, 0.3) is 0 Å². The molecule has 3 N–H and O–H groups in total. The number of benzene rings is 1. The van der Waals surface area contributed by atoms with E-state index in [0.717, 1.165) is 5.56 Å². The fraction of sp³-hybridized carbons (Fsp3) is 0.308. The van der Waals surface area contributed by atoms with Crippen molar-refractivity contribution >= 4 is 17.6 Å². The number of carbonyl (C=O) groups excluding carboxylic acids is 2. The molecular weight excluding hydrogens is 274 g/mol. The number of aromatic amines is 1. The van der Waals surface area contributed by atoms with Crippen LogP contribution < -0.4 is 5.32 Å². The van der Waals surface area contributed by atoms with E-state index in [1.165, 1.54) is 0 Å². The lowest BCUT2D eigenvalue weighted by atomic mass is 9.98. The summed E-state index contributed by atoms with van der Waals surface area (Å²) in [6.45, 7) is 3.59. The number of phenolic OH excluding ortho intramolecular Hbond substituents is 1. The lowest BCUT2D eigenvalue weighted by Gasteiger charge is -2.10. The number of aryl methyl sites for hydroxylation is 1.